The van der Waals surface area contributed by atoms with Crippen LogP contribution in [-0.2, 0) is 139 Å². The first-order chi connectivity index (χ1) is 71.2. The maximum absolute atomic E-state index is 14.3. The van der Waals surface area contributed by atoms with E-state index in [0.717, 1.165) is 71.2 Å². The van der Waals surface area contributed by atoms with Gasteiger partial charge in [-0.05, 0) is 155 Å². The maximum atomic E-state index is 14.3. The number of quaternary nitrogens is 1. The van der Waals surface area contributed by atoms with E-state index in [0.29, 0.717) is 200 Å². The van der Waals surface area contributed by atoms with Crippen LogP contribution in [0.25, 0.3) is 0 Å². The van der Waals surface area contributed by atoms with Gasteiger partial charge >= 0.3 is 16.5 Å². The SMILES string of the molecule is COc1cc2c(cc1OCc1cc(COc3cc4c(cc3OC)C(=O)N3Cc5ccsc5C[C@H]3C=N4)cc(C[N+](C)(C)Cc3ccc(OS(=O)(=O)Oc4cc(C(=O)NCCOCCOCCOCCOCCOCCOCCOCCOCCOCCOCCOCCCC(=O)[C@@H](CS(=O)(=O)O)NC(=O)OCC5[C@H]6CCC#CCC[C@@H]56)ccc4OC4O[C@H](CO)[C@H](O)[C@H](O)[C@H]4O)cc3)c1)N=C[C@@H]1Cc3sccc3CN1C2=O. The second-order valence-corrected chi connectivity index (χ2v) is 41.1. The number of aliphatic hydroxyl groups excluding tert-OH is 4. The molecule has 2 unspecified atom stereocenters. The number of nitrogens with zero attached hydrogens (tertiary/aromatic N) is 5. The van der Waals surface area contributed by atoms with Crippen molar-refractivity contribution in [2.24, 2.45) is 27.7 Å². The van der Waals surface area contributed by atoms with Gasteiger partial charge < -0.3 is 139 Å². The molecule has 2 fully saturated rings. The number of carbonyl (C=O) groups is 5. The molecular formula is C102H130N7O34S4+. The number of benzene rings is 5. The summed E-state index contributed by atoms with van der Waals surface area (Å²) in [6.07, 6.45) is -0.933. The molecular weight excluding hydrogens is 2000 g/mol. The lowest BCUT2D eigenvalue weighted by atomic mass is 9.99. The summed E-state index contributed by atoms with van der Waals surface area (Å²) in [5, 5.41) is 51.0. The van der Waals surface area contributed by atoms with E-state index in [1.165, 1.54) is 42.2 Å². The van der Waals surface area contributed by atoms with Gasteiger partial charge in [0.05, 0.1) is 215 Å². The number of Topliss-reactive ketones (excluding diaryl/α,β-unsaturated/α-hetero) is 1. The zero-order valence-corrected chi connectivity index (χ0v) is 85.9. The molecule has 800 valence electrons. The Morgan fingerprint density at radius 2 is 1.01 bits per heavy atom. The van der Waals surface area contributed by atoms with E-state index < -0.39 is 98.9 Å². The number of hydrogen-bond acceptors (Lipinski definition) is 37. The number of hydrogen-bond donors (Lipinski definition) is 7. The fourth-order valence-electron chi connectivity index (χ4n) is 17.8. The van der Waals surface area contributed by atoms with Crippen molar-refractivity contribution in [3.05, 3.63) is 168 Å². The van der Waals surface area contributed by atoms with Gasteiger partial charge in [0.2, 0.25) is 6.29 Å². The predicted octanol–water partition coefficient (Wildman–Crippen LogP) is 7.89. The molecule has 7 heterocycles. The first-order valence-corrected chi connectivity index (χ1v) is 53.6. The van der Waals surface area contributed by atoms with Crippen LogP contribution in [0.4, 0.5) is 16.2 Å². The lowest BCUT2D eigenvalue weighted by Crippen LogP contribution is -2.60. The van der Waals surface area contributed by atoms with E-state index in [1.807, 2.05) is 65.3 Å². The lowest BCUT2D eigenvalue weighted by Gasteiger charge is -2.39. The lowest BCUT2D eigenvalue weighted by molar-refractivity contribution is -0.916. The van der Waals surface area contributed by atoms with Crippen LogP contribution in [0.1, 0.15) is 113 Å². The Hall–Kier alpha value is -10.5. The Bertz CT molecular complexity index is 5700. The third-order valence-electron chi connectivity index (χ3n) is 25.3. The molecule has 45 heteroatoms. The molecule has 5 aliphatic heterocycles. The van der Waals surface area contributed by atoms with Gasteiger partial charge in [-0.1, -0.05) is 0 Å². The fourth-order valence-corrected chi connectivity index (χ4v) is 21.1. The molecule has 1 saturated heterocycles. The number of thiophene rings is 2. The summed E-state index contributed by atoms with van der Waals surface area (Å²) in [5.74, 6) is 5.11. The first kappa shape index (κ1) is 112. The van der Waals surface area contributed by atoms with Crippen LogP contribution in [0.3, 0.4) is 0 Å². The summed E-state index contributed by atoms with van der Waals surface area (Å²) in [6.45, 7) is 8.22. The predicted molar refractivity (Wildman–Crippen MR) is 535 cm³/mol. The van der Waals surface area contributed by atoms with Crippen LogP contribution in [-0.4, -0.2) is 346 Å². The summed E-state index contributed by atoms with van der Waals surface area (Å²) in [5.41, 5.74) is 7.05. The normalized spacial score (nSPS) is 20.0. The highest BCUT2D eigenvalue weighted by molar-refractivity contribution is 7.85. The zero-order valence-electron chi connectivity index (χ0n) is 82.6. The molecule has 1 saturated carbocycles. The van der Waals surface area contributed by atoms with Crippen LogP contribution in [0.15, 0.2) is 118 Å². The average molecular weight is 2130 g/mol. The Kier molecular flexibility index (Phi) is 42.6. The van der Waals surface area contributed by atoms with Gasteiger partial charge in [-0.25, -0.2) is 4.79 Å². The van der Waals surface area contributed by atoms with Crippen molar-refractivity contribution < 1.29 is 164 Å². The number of rotatable bonds is 63. The van der Waals surface area contributed by atoms with Crippen molar-refractivity contribution in [3.63, 3.8) is 0 Å². The number of aliphatic imine (C=N–C) groups is 2. The van der Waals surface area contributed by atoms with Gasteiger partial charge in [0.25, 0.3) is 27.8 Å². The molecule has 7 aromatic rings. The molecule has 0 bridgehead atoms. The highest BCUT2D eigenvalue weighted by Crippen LogP contribution is 2.53. The standard InChI is InChI=1S/C102H129N7O34S4/c1-109(2,61-68-46-69(63-137-89-54-82-79(52-87(89)124-3)99(116)107-58-72-19-44-144-93(72)50-74(107)56-104-82)48-70(47-68)64-138-90-55-83-80(53-88(90)125-4)100(117)108-59-73-20-45-145-94(73)51-75(108)57-105-83)60-67-13-16-76(17-14-67)142-147(122,123)143-91-49-71(15-18-86(91)140-101-97(114)96(113)95(112)92(62-110)141-101)98(115)103-21-23-127-25-27-129-29-31-131-33-35-133-37-39-135-41-43-136-42-40-134-38-36-132-34-32-130-30-28-128-26-24-126-22-9-12-85(111)84(66-146(119,120)121)106-102(118)139-65-81-77-10-7-5-6-8-11-78(77)81/h13-20,44-49,52-57,74-75,77-78,81,84,92,95-97,101,110,112-114H,7-12,21-43,50-51,58-66H2,1-4H3,(H2-,103,106,115,118,119,120,121)/p+1/t74-,75-,77-,78+,81?,84+,92+,95-,96-,97+,101?/m0/s1. The summed E-state index contributed by atoms with van der Waals surface area (Å²) in [6, 6.07) is 24.8. The van der Waals surface area contributed by atoms with Crippen molar-refractivity contribution in [3.8, 4) is 52.1 Å². The molecule has 14 rings (SSSR count). The topological polar surface area (TPSA) is 495 Å². The first-order valence-electron chi connectivity index (χ1n) is 48.9. The number of carbonyl (C=O) groups excluding carboxylic acids is 5. The highest BCUT2D eigenvalue weighted by atomic mass is 32.3. The van der Waals surface area contributed by atoms with E-state index in [-0.39, 0.29) is 127 Å². The zero-order chi connectivity index (χ0) is 104. The van der Waals surface area contributed by atoms with Crippen LogP contribution < -0.4 is 42.7 Å². The molecule has 2 aromatic heterocycles. The number of amides is 4. The molecule has 7 aliphatic rings. The molecule has 0 spiro atoms. The van der Waals surface area contributed by atoms with Gasteiger partial charge in [-0.3, -0.25) is 33.7 Å². The van der Waals surface area contributed by atoms with Crippen molar-refractivity contribution in [1.82, 2.24) is 20.4 Å². The Labute approximate surface area is 862 Å². The third kappa shape index (κ3) is 33.8. The van der Waals surface area contributed by atoms with E-state index in [9.17, 15) is 65.8 Å². The number of alkyl carbamates (subject to hydrolysis) is 1. The smallest absolute Gasteiger partial charge is 0.493 e. The second-order valence-electron chi connectivity index (χ2n) is 36.5. The largest absolute Gasteiger partial charge is 0.501 e. The van der Waals surface area contributed by atoms with E-state index >= 15 is 0 Å². The van der Waals surface area contributed by atoms with Crippen molar-refractivity contribution in [1.29, 1.82) is 0 Å². The third-order valence-corrected chi connectivity index (χ3v) is 28.8. The van der Waals surface area contributed by atoms with Gasteiger partial charge in [-0.2, -0.15) is 8.42 Å². The van der Waals surface area contributed by atoms with Crippen LogP contribution in [0.5, 0.6) is 40.2 Å². The number of aliphatic hydroxyl groups is 4. The summed E-state index contributed by atoms with van der Waals surface area (Å²) in [4.78, 5) is 83.3. The van der Waals surface area contributed by atoms with Gasteiger partial charge in [0.1, 0.15) is 68.3 Å². The van der Waals surface area contributed by atoms with Gasteiger partial charge in [0.15, 0.2) is 40.3 Å². The monoisotopic (exact) mass is 2120 g/mol. The number of fused-ring (bicyclic) bond motifs is 7. The molecule has 11 atom stereocenters. The van der Waals surface area contributed by atoms with Crippen molar-refractivity contribution in [2.45, 2.75) is 140 Å². The molecule has 4 amide bonds. The number of ether oxygens (including phenoxy) is 18. The molecule has 147 heavy (non-hydrogen) atoms. The van der Waals surface area contributed by atoms with E-state index in [2.05, 4.69) is 34.6 Å². The van der Waals surface area contributed by atoms with Crippen LogP contribution in [0.2, 0.25) is 0 Å². The quantitative estimate of drug-likeness (QED) is 0.00824. The summed E-state index contributed by atoms with van der Waals surface area (Å²) >= 11 is 3.35. The Morgan fingerprint density at radius 1 is 0.537 bits per heavy atom. The summed E-state index contributed by atoms with van der Waals surface area (Å²) < 4.78 is 175. The summed E-state index contributed by atoms with van der Waals surface area (Å²) in [7, 11) is -2.55. The molecule has 41 nitrogen and oxygen atoms in total. The minimum absolute atomic E-state index is 0.0154. The molecule has 5 aromatic carbocycles. The number of methoxy groups -OCH3 is 2. The van der Waals surface area contributed by atoms with E-state index in [1.54, 1.807) is 59.1 Å². The van der Waals surface area contributed by atoms with Crippen molar-refractivity contribution in [2.75, 3.05) is 199 Å². The van der Waals surface area contributed by atoms with Gasteiger partial charge in [-0.15, -0.1) is 42.9 Å². The Morgan fingerprint density at radius 3 is 1.48 bits per heavy atom. The van der Waals surface area contributed by atoms with Gasteiger partial charge in [0, 0.05) is 109 Å². The molecule has 0 radical (unpaired) electrons. The van der Waals surface area contributed by atoms with E-state index in [4.69, 9.17) is 104 Å². The van der Waals surface area contributed by atoms with Crippen LogP contribution >= 0.6 is 22.7 Å². The van der Waals surface area contributed by atoms with Crippen LogP contribution in [0, 0.1) is 29.6 Å². The average Bonchev–Trinajstić information content (AvgIpc) is 1.64. The fraction of sp³-hybridized carbons (Fsp3) is 0.539. The molecule has 7 N–H and O–H groups in total. The number of nitrogens with one attached hydrogen (secondary N) is 2. The molecule has 2 aliphatic carbocycles. The Balaban J connectivity index is 0.459. The minimum Gasteiger partial charge on any atom is -0.493 e. The maximum Gasteiger partial charge on any atom is 0.501 e. The number of ketones is 1. The second kappa shape index (κ2) is 55.9. The minimum atomic E-state index is -5.09. The van der Waals surface area contributed by atoms with Crippen molar-refractivity contribution >= 4 is 96.6 Å². The highest BCUT2D eigenvalue weighted by Gasteiger charge is 2.50.